The summed E-state index contributed by atoms with van der Waals surface area (Å²) < 4.78 is 11.9. The lowest BCUT2D eigenvalue weighted by Gasteiger charge is -2.09. The van der Waals surface area contributed by atoms with Gasteiger partial charge < -0.3 is 9.47 Å². The Hall–Kier alpha value is -2.71. The number of hydrogen-bond acceptors (Lipinski definition) is 6. The third-order valence-corrected chi connectivity index (χ3v) is 4.26. The van der Waals surface area contributed by atoms with E-state index in [2.05, 4.69) is 25.9 Å². The maximum atomic E-state index is 11.5. The summed E-state index contributed by atoms with van der Waals surface area (Å²) in [5.41, 5.74) is 0.301. The maximum Gasteiger partial charge on any atom is 0.393 e. The van der Waals surface area contributed by atoms with Crippen molar-refractivity contribution in [2.75, 3.05) is 0 Å². The molecule has 7 nitrogen and oxygen atoms in total. The van der Waals surface area contributed by atoms with Crippen molar-refractivity contribution in [2.24, 2.45) is 0 Å². The molecule has 0 saturated heterocycles. The predicted octanol–water partition coefficient (Wildman–Crippen LogP) is 5.69. The normalized spacial score (nSPS) is 10.4. The van der Waals surface area contributed by atoms with Gasteiger partial charge >= 0.3 is 17.4 Å². The Morgan fingerprint density at radius 2 is 1.62 bits per heavy atom. The van der Waals surface area contributed by atoms with Gasteiger partial charge in [0.05, 0.1) is 4.92 Å². The Labute approximate surface area is 161 Å². The summed E-state index contributed by atoms with van der Waals surface area (Å²) in [7, 11) is 0. The first-order chi connectivity index (χ1) is 12.4. The van der Waals surface area contributed by atoms with Crippen molar-refractivity contribution >= 4 is 33.2 Å². The minimum absolute atomic E-state index is 0.215. The predicted molar refractivity (Wildman–Crippen MR) is 99.2 cm³/mol. The number of benzene rings is 2. The second-order valence-electron chi connectivity index (χ2n) is 5.16. The number of ether oxygens (including phenoxy) is 2. The summed E-state index contributed by atoms with van der Waals surface area (Å²) in [6.45, 7) is 1.80. The molecule has 26 heavy (non-hydrogen) atoms. The highest BCUT2D eigenvalue weighted by Crippen LogP contribution is 2.38. The van der Waals surface area contributed by atoms with Gasteiger partial charge in [-0.1, -0.05) is 27.5 Å². The van der Waals surface area contributed by atoms with Gasteiger partial charge in [0.1, 0.15) is 17.8 Å². The molecular formula is C17H11BrClN3O4. The first-order valence-electron chi connectivity index (χ1n) is 7.31. The molecule has 0 fully saturated rings. The largest absolute Gasteiger partial charge is 0.433 e. The van der Waals surface area contributed by atoms with Gasteiger partial charge in [-0.3, -0.25) is 10.1 Å². The number of rotatable bonds is 5. The zero-order chi connectivity index (χ0) is 18.7. The molecule has 132 valence electrons. The summed E-state index contributed by atoms with van der Waals surface area (Å²) in [5.74, 6) is 0.318. The molecule has 0 N–H and O–H groups in total. The monoisotopic (exact) mass is 435 g/mol. The van der Waals surface area contributed by atoms with Crippen LogP contribution in [0, 0.1) is 17.0 Å². The Bertz CT molecular complexity index is 967. The number of hydrogen-bond donors (Lipinski definition) is 0. The van der Waals surface area contributed by atoms with Crippen LogP contribution in [0.1, 0.15) is 5.56 Å². The Balaban J connectivity index is 1.96. The van der Waals surface area contributed by atoms with Crippen molar-refractivity contribution in [1.82, 2.24) is 9.97 Å². The van der Waals surface area contributed by atoms with E-state index in [-0.39, 0.29) is 11.8 Å². The smallest absolute Gasteiger partial charge is 0.393 e. The van der Waals surface area contributed by atoms with E-state index in [1.807, 2.05) is 0 Å². The molecule has 1 aromatic heterocycles. The average molecular weight is 437 g/mol. The number of nitro groups is 1. The molecule has 0 atom stereocenters. The molecule has 3 rings (SSSR count). The van der Waals surface area contributed by atoms with Gasteiger partial charge in [-0.2, -0.15) is 9.97 Å². The topological polar surface area (TPSA) is 87.4 Å². The zero-order valence-corrected chi connectivity index (χ0v) is 15.7. The lowest BCUT2D eigenvalue weighted by molar-refractivity contribution is -0.387. The molecule has 1 heterocycles. The molecule has 3 aromatic rings. The van der Waals surface area contributed by atoms with Gasteiger partial charge in [0, 0.05) is 9.50 Å². The van der Waals surface area contributed by atoms with Crippen LogP contribution in [0.15, 0.2) is 53.3 Å². The van der Waals surface area contributed by atoms with Crippen LogP contribution in [0.2, 0.25) is 5.02 Å². The summed E-state index contributed by atoms with van der Waals surface area (Å²) in [6, 6.07) is 11.7. The maximum absolute atomic E-state index is 11.5. The highest BCUT2D eigenvalue weighted by atomic mass is 79.9. The Morgan fingerprint density at radius 3 is 2.19 bits per heavy atom. The Morgan fingerprint density at radius 1 is 1.04 bits per heavy atom. The first kappa shape index (κ1) is 18.1. The second-order valence-corrected chi connectivity index (χ2v) is 6.48. The fourth-order valence-electron chi connectivity index (χ4n) is 2.06. The van der Waals surface area contributed by atoms with Crippen molar-refractivity contribution in [3.05, 3.63) is 74.0 Å². The SMILES string of the molecule is Cc1cc(Oc2ncnc(Oc3ccc(Br)cc3)c2[N+](=O)[O-])ccc1Cl. The molecule has 0 aliphatic heterocycles. The van der Waals surface area contributed by atoms with Crippen LogP contribution in [-0.2, 0) is 0 Å². The molecule has 2 aromatic carbocycles. The molecule has 0 spiro atoms. The van der Waals surface area contributed by atoms with E-state index in [1.165, 1.54) is 0 Å². The lowest BCUT2D eigenvalue weighted by atomic mass is 10.2. The van der Waals surface area contributed by atoms with Crippen molar-refractivity contribution in [2.45, 2.75) is 6.92 Å². The molecule has 9 heteroatoms. The van der Waals surface area contributed by atoms with Crippen molar-refractivity contribution < 1.29 is 14.4 Å². The van der Waals surface area contributed by atoms with Gasteiger partial charge in [-0.05, 0) is 55.0 Å². The third-order valence-electron chi connectivity index (χ3n) is 3.31. The van der Waals surface area contributed by atoms with Gasteiger partial charge in [0.25, 0.3) is 0 Å². The third kappa shape index (κ3) is 4.09. The number of aryl methyl sites for hydroxylation is 1. The van der Waals surface area contributed by atoms with E-state index in [1.54, 1.807) is 49.4 Å². The van der Waals surface area contributed by atoms with Crippen LogP contribution in [0.4, 0.5) is 5.69 Å². The van der Waals surface area contributed by atoms with E-state index >= 15 is 0 Å². The van der Waals surface area contributed by atoms with Crippen molar-refractivity contribution in [3.63, 3.8) is 0 Å². The van der Waals surface area contributed by atoms with Crippen molar-refractivity contribution in [1.29, 1.82) is 0 Å². The lowest BCUT2D eigenvalue weighted by Crippen LogP contribution is -2.01. The second kappa shape index (κ2) is 7.67. The molecule has 0 bridgehead atoms. The van der Waals surface area contributed by atoms with E-state index in [9.17, 15) is 10.1 Å². The minimum Gasteiger partial charge on any atom is -0.433 e. The van der Waals surface area contributed by atoms with E-state index in [0.29, 0.717) is 16.5 Å². The molecule has 0 amide bonds. The molecule has 0 radical (unpaired) electrons. The van der Waals surface area contributed by atoms with E-state index in [0.717, 1.165) is 16.4 Å². The molecule has 0 saturated carbocycles. The minimum atomic E-state index is -0.647. The fraction of sp³-hybridized carbons (Fsp3) is 0.0588. The standard InChI is InChI=1S/C17H11BrClN3O4/c1-10-8-13(6-7-14(10)19)26-17-15(22(23)24)16(20-9-21-17)25-12-4-2-11(18)3-5-12/h2-9H,1H3. The summed E-state index contributed by atoms with van der Waals surface area (Å²) in [6.07, 6.45) is 1.14. The quantitative estimate of drug-likeness (QED) is 0.377. The number of halogens is 2. The molecule has 0 aliphatic rings. The summed E-state index contributed by atoms with van der Waals surface area (Å²) in [5, 5.41) is 12.1. The van der Waals surface area contributed by atoms with E-state index in [4.69, 9.17) is 21.1 Å². The van der Waals surface area contributed by atoms with Gasteiger partial charge in [-0.25, -0.2) is 0 Å². The van der Waals surface area contributed by atoms with Crippen LogP contribution < -0.4 is 9.47 Å². The number of aromatic nitrogens is 2. The average Bonchev–Trinajstić information content (AvgIpc) is 2.60. The van der Waals surface area contributed by atoms with Crippen molar-refractivity contribution in [3.8, 4) is 23.3 Å². The highest BCUT2D eigenvalue weighted by molar-refractivity contribution is 9.10. The molecular weight excluding hydrogens is 426 g/mol. The van der Waals surface area contributed by atoms with Gasteiger partial charge in [-0.15, -0.1) is 0 Å². The van der Waals surface area contributed by atoms with Gasteiger partial charge in [0.15, 0.2) is 0 Å². The van der Waals surface area contributed by atoms with E-state index < -0.39 is 10.6 Å². The summed E-state index contributed by atoms with van der Waals surface area (Å²) in [4.78, 5) is 18.6. The zero-order valence-electron chi connectivity index (χ0n) is 13.3. The molecule has 0 unspecified atom stereocenters. The summed E-state index contributed by atoms with van der Waals surface area (Å²) >= 11 is 9.29. The Kier molecular flexibility index (Phi) is 5.34. The fourth-order valence-corrected chi connectivity index (χ4v) is 2.44. The van der Waals surface area contributed by atoms with Crippen LogP contribution in [0.5, 0.6) is 23.3 Å². The highest BCUT2D eigenvalue weighted by Gasteiger charge is 2.27. The number of nitrogens with zero attached hydrogens (tertiary/aromatic N) is 3. The molecule has 0 aliphatic carbocycles. The van der Waals surface area contributed by atoms with Crippen LogP contribution in [0.3, 0.4) is 0 Å². The first-order valence-corrected chi connectivity index (χ1v) is 8.48. The van der Waals surface area contributed by atoms with Crippen LogP contribution >= 0.6 is 27.5 Å². The van der Waals surface area contributed by atoms with Gasteiger partial charge in [0.2, 0.25) is 0 Å². The van der Waals surface area contributed by atoms with Crippen LogP contribution in [-0.4, -0.2) is 14.9 Å². The van der Waals surface area contributed by atoms with Crippen LogP contribution in [0.25, 0.3) is 0 Å².